The number of pyridine rings is 1. The topological polar surface area (TPSA) is 54.3 Å². The van der Waals surface area contributed by atoms with Gasteiger partial charge in [-0.25, -0.2) is 0 Å². The van der Waals surface area contributed by atoms with E-state index in [-0.39, 0.29) is 11.5 Å². The quantitative estimate of drug-likeness (QED) is 0.894. The fourth-order valence-corrected chi connectivity index (χ4v) is 2.71. The Morgan fingerprint density at radius 3 is 2.55 bits per heavy atom. The van der Waals surface area contributed by atoms with Crippen molar-refractivity contribution in [3.05, 3.63) is 33.2 Å². The van der Waals surface area contributed by atoms with E-state index in [9.17, 15) is 9.59 Å². The van der Waals surface area contributed by atoms with Crippen molar-refractivity contribution < 1.29 is 4.79 Å². The molecule has 1 aromatic rings. The van der Waals surface area contributed by atoms with Crippen LogP contribution >= 0.6 is 0 Å². The van der Waals surface area contributed by atoms with Gasteiger partial charge in [-0.15, -0.1) is 0 Å². The molecule has 0 unspecified atom stereocenters. The van der Waals surface area contributed by atoms with Crippen LogP contribution in [-0.4, -0.2) is 41.6 Å². The van der Waals surface area contributed by atoms with Gasteiger partial charge in [0.25, 0.3) is 11.5 Å². The molecule has 0 atom stereocenters. The zero-order chi connectivity index (χ0) is 14.7. The van der Waals surface area contributed by atoms with Crippen LogP contribution in [-0.2, 0) is 6.54 Å². The predicted molar refractivity (Wildman–Crippen MR) is 79.2 cm³/mol. The van der Waals surface area contributed by atoms with E-state index in [4.69, 9.17) is 0 Å². The van der Waals surface area contributed by atoms with Gasteiger partial charge in [0.15, 0.2) is 0 Å². The molecule has 1 saturated heterocycles. The van der Waals surface area contributed by atoms with Crippen molar-refractivity contribution in [2.24, 2.45) is 0 Å². The fraction of sp³-hybridized carbons (Fsp3) is 0.600. The normalized spacial score (nSPS) is 15.4. The maximum absolute atomic E-state index is 12.6. The SMILES string of the molecule is CCCn1c(C)cc(C)c(C(=O)N2CCNCC2)c1=O. The lowest BCUT2D eigenvalue weighted by atomic mass is 10.1. The summed E-state index contributed by atoms with van der Waals surface area (Å²) < 4.78 is 1.71. The minimum atomic E-state index is -0.145. The molecule has 1 aliphatic heterocycles. The van der Waals surface area contributed by atoms with Crippen LogP contribution in [0.3, 0.4) is 0 Å². The molecule has 1 N–H and O–H groups in total. The molecule has 0 radical (unpaired) electrons. The smallest absolute Gasteiger partial charge is 0.263 e. The van der Waals surface area contributed by atoms with Crippen LogP contribution in [0.2, 0.25) is 0 Å². The maximum atomic E-state index is 12.6. The minimum absolute atomic E-state index is 0.126. The van der Waals surface area contributed by atoms with E-state index in [2.05, 4.69) is 5.32 Å². The van der Waals surface area contributed by atoms with E-state index < -0.39 is 0 Å². The van der Waals surface area contributed by atoms with Gasteiger partial charge in [0.1, 0.15) is 5.56 Å². The van der Waals surface area contributed by atoms with E-state index in [0.717, 1.165) is 30.8 Å². The third-order valence-corrected chi connectivity index (χ3v) is 3.77. The van der Waals surface area contributed by atoms with Crippen molar-refractivity contribution in [2.75, 3.05) is 26.2 Å². The van der Waals surface area contributed by atoms with Crippen LogP contribution in [0.5, 0.6) is 0 Å². The summed E-state index contributed by atoms with van der Waals surface area (Å²) in [4.78, 5) is 26.9. The highest BCUT2D eigenvalue weighted by Gasteiger charge is 2.23. The van der Waals surface area contributed by atoms with Crippen molar-refractivity contribution in [1.82, 2.24) is 14.8 Å². The molecular weight excluding hydrogens is 254 g/mol. The second-order valence-electron chi connectivity index (χ2n) is 5.34. The molecule has 110 valence electrons. The van der Waals surface area contributed by atoms with Crippen LogP contribution in [0.4, 0.5) is 0 Å². The van der Waals surface area contributed by atoms with Gasteiger partial charge in [-0.1, -0.05) is 6.92 Å². The Morgan fingerprint density at radius 1 is 1.30 bits per heavy atom. The zero-order valence-electron chi connectivity index (χ0n) is 12.5. The first-order valence-corrected chi connectivity index (χ1v) is 7.27. The van der Waals surface area contributed by atoms with Gasteiger partial charge in [0.2, 0.25) is 0 Å². The average Bonchev–Trinajstić information content (AvgIpc) is 2.44. The number of nitrogens with zero attached hydrogens (tertiary/aromatic N) is 2. The van der Waals surface area contributed by atoms with Gasteiger partial charge in [-0.2, -0.15) is 0 Å². The molecule has 0 aliphatic carbocycles. The summed E-state index contributed by atoms with van der Waals surface area (Å²) in [7, 11) is 0. The van der Waals surface area contributed by atoms with E-state index in [1.807, 2.05) is 26.8 Å². The predicted octanol–water partition coefficient (Wildman–Crippen LogP) is 0.921. The van der Waals surface area contributed by atoms with Gasteiger partial charge in [0.05, 0.1) is 0 Å². The molecule has 1 fully saturated rings. The minimum Gasteiger partial charge on any atom is -0.336 e. The number of aromatic nitrogens is 1. The van der Waals surface area contributed by atoms with Gasteiger partial charge >= 0.3 is 0 Å². The summed E-state index contributed by atoms with van der Waals surface area (Å²) in [6, 6.07) is 1.94. The third-order valence-electron chi connectivity index (χ3n) is 3.77. The number of carbonyl (C=O) groups excluding carboxylic acids is 1. The lowest BCUT2D eigenvalue weighted by Gasteiger charge is -2.28. The second kappa shape index (κ2) is 6.22. The number of carbonyl (C=O) groups is 1. The molecule has 2 rings (SSSR count). The Balaban J connectivity index is 2.42. The molecule has 5 heteroatoms. The molecular formula is C15H23N3O2. The number of piperazine rings is 1. The van der Waals surface area contributed by atoms with E-state index in [0.29, 0.717) is 25.2 Å². The maximum Gasteiger partial charge on any atom is 0.263 e. The lowest BCUT2D eigenvalue weighted by molar-refractivity contribution is 0.0732. The van der Waals surface area contributed by atoms with Gasteiger partial charge in [-0.3, -0.25) is 9.59 Å². The highest BCUT2D eigenvalue weighted by atomic mass is 16.2. The van der Waals surface area contributed by atoms with Gasteiger partial charge in [0, 0.05) is 38.4 Å². The number of hydrogen-bond acceptors (Lipinski definition) is 3. The van der Waals surface area contributed by atoms with Crippen LogP contribution in [0.15, 0.2) is 10.9 Å². The summed E-state index contributed by atoms with van der Waals surface area (Å²) in [6.07, 6.45) is 0.880. The molecule has 2 heterocycles. The number of nitrogens with one attached hydrogen (secondary N) is 1. The third kappa shape index (κ3) is 2.77. The van der Waals surface area contributed by atoms with E-state index in [1.165, 1.54) is 0 Å². The highest BCUT2D eigenvalue weighted by molar-refractivity contribution is 5.95. The van der Waals surface area contributed by atoms with E-state index in [1.54, 1.807) is 9.47 Å². The number of amides is 1. The fourth-order valence-electron chi connectivity index (χ4n) is 2.71. The Hall–Kier alpha value is -1.62. The first kappa shape index (κ1) is 14.8. The Morgan fingerprint density at radius 2 is 1.95 bits per heavy atom. The number of hydrogen-bond donors (Lipinski definition) is 1. The summed E-state index contributed by atoms with van der Waals surface area (Å²) in [6.45, 7) is 9.37. The lowest BCUT2D eigenvalue weighted by Crippen LogP contribution is -2.48. The molecule has 1 amide bonds. The second-order valence-corrected chi connectivity index (χ2v) is 5.34. The standard InChI is InChI=1S/C15H23N3O2/c1-4-7-18-12(3)10-11(2)13(15(18)20)14(19)17-8-5-16-6-9-17/h10,16H,4-9H2,1-3H3. The molecule has 20 heavy (non-hydrogen) atoms. The van der Waals surface area contributed by atoms with Crippen molar-refractivity contribution in [3.63, 3.8) is 0 Å². The van der Waals surface area contributed by atoms with Crippen LogP contribution < -0.4 is 10.9 Å². The van der Waals surface area contributed by atoms with Crippen molar-refractivity contribution >= 4 is 5.91 Å². The summed E-state index contributed by atoms with van der Waals surface area (Å²) in [5.41, 5.74) is 1.90. The molecule has 5 nitrogen and oxygen atoms in total. The number of aryl methyl sites for hydroxylation is 2. The zero-order valence-corrected chi connectivity index (χ0v) is 12.5. The summed E-state index contributed by atoms with van der Waals surface area (Å²) in [5, 5.41) is 3.21. The highest BCUT2D eigenvalue weighted by Crippen LogP contribution is 2.10. The van der Waals surface area contributed by atoms with E-state index >= 15 is 0 Å². The van der Waals surface area contributed by atoms with Crippen molar-refractivity contribution in [2.45, 2.75) is 33.7 Å². The molecule has 0 bridgehead atoms. The Labute approximate surface area is 119 Å². The van der Waals surface area contributed by atoms with Crippen molar-refractivity contribution in [3.8, 4) is 0 Å². The van der Waals surface area contributed by atoms with Gasteiger partial charge in [-0.05, 0) is 31.9 Å². The largest absolute Gasteiger partial charge is 0.336 e. The number of rotatable bonds is 3. The first-order valence-electron chi connectivity index (χ1n) is 7.27. The molecule has 0 aromatic carbocycles. The summed E-state index contributed by atoms with van der Waals surface area (Å²) >= 11 is 0. The van der Waals surface area contributed by atoms with Crippen LogP contribution in [0.1, 0.15) is 35.0 Å². The Bertz CT molecular complexity index is 557. The summed E-state index contributed by atoms with van der Waals surface area (Å²) in [5.74, 6) is -0.126. The molecule has 1 aromatic heterocycles. The van der Waals surface area contributed by atoms with Crippen LogP contribution in [0.25, 0.3) is 0 Å². The molecule has 0 spiro atoms. The Kier molecular flexibility index (Phi) is 4.60. The molecule has 0 saturated carbocycles. The average molecular weight is 277 g/mol. The van der Waals surface area contributed by atoms with Gasteiger partial charge < -0.3 is 14.8 Å². The first-order chi connectivity index (χ1) is 9.56. The molecule has 1 aliphatic rings. The monoisotopic (exact) mass is 277 g/mol. The van der Waals surface area contributed by atoms with Crippen molar-refractivity contribution in [1.29, 1.82) is 0 Å². The van der Waals surface area contributed by atoms with Crippen LogP contribution in [0, 0.1) is 13.8 Å².